The summed E-state index contributed by atoms with van der Waals surface area (Å²) in [6.45, 7) is 1.51. The first-order valence-electron chi connectivity index (χ1n) is 4.46. The van der Waals surface area contributed by atoms with Crippen molar-refractivity contribution in [3.8, 4) is 0 Å². The van der Waals surface area contributed by atoms with Crippen LogP contribution in [0.3, 0.4) is 0 Å². The first-order chi connectivity index (χ1) is 7.11. The molecule has 0 radical (unpaired) electrons. The second-order valence-electron chi connectivity index (χ2n) is 3.30. The number of fused-ring (bicyclic) bond motifs is 1. The van der Waals surface area contributed by atoms with E-state index >= 15 is 0 Å². The predicted octanol–water partition coefficient (Wildman–Crippen LogP) is 1.53. The lowest BCUT2D eigenvalue weighted by Gasteiger charge is -2.03. The molecule has 0 amide bonds. The number of aromatic amines is 1. The van der Waals surface area contributed by atoms with Gasteiger partial charge in [0.25, 0.3) is 0 Å². The van der Waals surface area contributed by atoms with Gasteiger partial charge in [0, 0.05) is 16.5 Å². The largest absolute Gasteiger partial charge is 0.477 e. The Morgan fingerprint density at radius 3 is 2.67 bits per heavy atom. The van der Waals surface area contributed by atoms with Crippen molar-refractivity contribution in [1.82, 2.24) is 4.98 Å². The third-order valence-electron chi connectivity index (χ3n) is 2.36. The van der Waals surface area contributed by atoms with Gasteiger partial charge in [-0.15, -0.1) is 0 Å². The molecule has 0 fully saturated rings. The summed E-state index contributed by atoms with van der Waals surface area (Å²) in [6.07, 6.45) is 0. The standard InChI is InChI=1S/C11H9NO3/c1-6-9(11(14)15)12-8-5-3-2-4-7(8)10(6)13/h2-5H,1H3,(H,12,13)(H,14,15). The second-order valence-corrected chi connectivity index (χ2v) is 3.30. The number of para-hydroxylation sites is 1. The smallest absolute Gasteiger partial charge is 0.352 e. The summed E-state index contributed by atoms with van der Waals surface area (Å²) in [5.74, 6) is -1.12. The summed E-state index contributed by atoms with van der Waals surface area (Å²) in [6, 6.07) is 6.85. The molecule has 4 heteroatoms. The van der Waals surface area contributed by atoms with Gasteiger partial charge in [-0.1, -0.05) is 12.1 Å². The van der Waals surface area contributed by atoms with E-state index in [1.54, 1.807) is 24.3 Å². The molecular weight excluding hydrogens is 194 g/mol. The van der Waals surface area contributed by atoms with Crippen LogP contribution in [0.25, 0.3) is 10.9 Å². The Labute approximate surface area is 85.2 Å². The molecule has 2 N–H and O–H groups in total. The zero-order valence-electron chi connectivity index (χ0n) is 8.07. The Morgan fingerprint density at radius 1 is 1.33 bits per heavy atom. The first-order valence-corrected chi connectivity index (χ1v) is 4.46. The van der Waals surface area contributed by atoms with Crippen molar-refractivity contribution in [2.75, 3.05) is 0 Å². The molecule has 0 saturated carbocycles. The van der Waals surface area contributed by atoms with Crippen LogP contribution < -0.4 is 5.43 Å². The minimum Gasteiger partial charge on any atom is -0.477 e. The summed E-state index contributed by atoms with van der Waals surface area (Å²) in [5, 5.41) is 9.39. The molecule has 76 valence electrons. The van der Waals surface area contributed by atoms with Gasteiger partial charge >= 0.3 is 5.97 Å². The molecule has 1 heterocycles. The van der Waals surface area contributed by atoms with Gasteiger partial charge in [-0.05, 0) is 19.1 Å². The van der Waals surface area contributed by atoms with Crippen LogP contribution in [0.1, 0.15) is 16.1 Å². The van der Waals surface area contributed by atoms with Crippen LogP contribution >= 0.6 is 0 Å². The molecule has 0 aliphatic heterocycles. The first kappa shape index (κ1) is 9.45. The molecule has 0 aliphatic carbocycles. The molecule has 0 spiro atoms. The molecule has 2 rings (SSSR count). The SMILES string of the molecule is Cc1c(C(=O)O)[nH]c2ccccc2c1=O. The Balaban J connectivity index is 2.95. The molecule has 2 aromatic rings. The Kier molecular flexibility index (Phi) is 2.04. The topological polar surface area (TPSA) is 70.2 Å². The van der Waals surface area contributed by atoms with Gasteiger partial charge in [0.1, 0.15) is 5.69 Å². The van der Waals surface area contributed by atoms with E-state index in [9.17, 15) is 9.59 Å². The molecule has 4 nitrogen and oxygen atoms in total. The maximum Gasteiger partial charge on any atom is 0.352 e. The van der Waals surface area contributed by atoms with Gasteiger partial charge in [0.15, 0.2) is 5.43 Å². The number of hydrogen-bond acceptors (Lipinski definition) is 2. The molecule has 1 aromatic heterocycles. The quantitative estimate of drug-likeness (QED) is 0.738. The van der Waals surface area contributed by atoms with Crippen LogP contribution in [-0.4, -0.2) is 16.1 Å². The lowest BCUT2D eigenvalue weighted by molar-refractivity contribution is 0.0690. The monoisotopic (exact) mass is 203 g/mol. The van der Waals surface area contributed by atoms with Crippen LogP contribution in [0.15, 0.2) is 29.1 Å². The van der Waals surface area contributed by atoms with Crippen molar-refractivity contribution in [1.29, 1.82) is 0 Å². The molecular formula is C11H9NO3. The number of carboxylic acid groups (broad SMARTS) is 1. The summed E-state index contributed by atoms with van der Waals surface area (Å²) in [5.41, 5.74) is 0.507. The number of pyridine rings is 1. The average molecular weight is 203 g/mol. The summed E-state index contributed by atoms with van der Waals surface area (Å²) in [4.78, 5) is 25.4. The maximum absolute atomic E-state index is 11.8. The highest BCUT2D eigenvalue weighted by Crippen LogP contribution is 2.10. The molecule has 15 heavy (non-hydrogen) atoms. The van der Waals surface area contributed by atoms with Crippen LogP contribution in [-0.2, 0) is 0 Å². The molecule has 0 saturated heterocycles. The Hall–Kier alpha value is -2.10. The highest BCUT2D eigenvalue weighted by molar-refractivity contribution is 5.91. The number of carboxylic acids is 1. The van der Waals surface area contributed by atoms with Gasteiger partial charge in [0.2, 0.25) is 0 Å². The van der Waals surface area contributed by atoms with Crippen molar-refractivity contribution < 1.29 is 9.90 Å². The van der Waals surface area contributed by atoms with E-state index in [1.165, 1.54) is 6.92 Å². The van der Waals surface area contributed by atoms with Crippen LogP contribution in [0, 0.1) is 6.92 Å². The molecule has 1 aromatic carbocycles. The predicted molar refractivity (Wildman–Crippen MR) is 56.3 cm³/mol. The highest BCUT2D eigenvalue weighted by atomic mass is 16.4. The van der Waals surface area contributed by atoms with E-state index in [0.717, 1.165) is 0 Å². The third-order valence-corrected chi connectivity index (χ3v) is 2.36. The number of benzene rings is 1. The lowest BCUT2D eigenvalue weighted by Crippen LogP contribution is -2.15. The van der Waals surface area contributed by atoms with E-state index in [4.69, 9.17) is 5.11 Å². The van der Waals surface area contributed by atoms with Crippen molar-refractivity contribution in [2.45, 2.75) is 6.92 Å². The average Bonchev–Trinajstić information content (AvgIpc) is 2.23. The minimum atomic E-state index is -1.12. The third kappa shape index (κ3) is 1.40. The van der Waals surface area contributed by atoms with Crippen molar-refractivity contribution in [3.05, 3.63) is 45.7 Å². The van der Waals surface area contributed by atoms with Crippen LogP contribution in [0.2, 0.25) is 0 Å². The zero-order chi connectivity index (χ0) is 11.0. The van der Waals surface area contributed by atoms with Crippen molar-refractivity contribution >= 4 is 16.9 Å². The number of hydrogen-bond donors (Lipinski definition) is 2. The Morgan fingerprint density at radius 2 is 2.00 bits per heavy atom. The van der Waals surface area contributed by atoms with E-state index in [-0.39, 0.29) is 16.7 Å². The number of H-pyrrole nitrogens is 1. The summed E-state index contributed by atoms with van der Waals surface area (Å²) < 4.78 is 0. The van der Waals surface area contributed by atoms with Gasteiger partial charge in [0.05, 0.1) is 0 Å². The number of nitrogens with one attached hydrogen (secondary N) is 1. The van der Waals surface area contributed by atoms with E-state index < -0.39 is 5.97 Å². The van der Waals surface area contributed by atoms with Crippen molar-refractivity contribution in [2.24, 2.45) is 0 Å². The minimum absolute atomic E-state index is 0.0429. The maximum atomic E-state index is 11.8. The number of aromatic carboxylic acids is 1. The van der Waals surface area contributed by atoms with Gasteiger partial charge in [-0.3, -0.25) is 4.79 Å². The highest BCUT2D eigenvalue weighted by Gasteiger charge is 2.12. The molecule has 0 bridgehead atoms. The van der Waals surface area contributed by atoms with Gasteiger partial charge in [-0.25, -0.2) is 4.79 Å². The van der Waals surface area contributed by atoms with Gasteiger partial charge in [-0.2, -0.15) is 0 Å². The fourth-order valence-corrected chi connectivity index (χ4v) is 1.55. The van der Waals surface area contributed by atoms with Crippen LogP contribution in [0.4, 0.5) is 0 Å². The summed E-state index contributed by atoms with van der Waals surface area (Å²) in [7, 11) is 0. The van der Waals surface area contributed by atoms with E-state index in [1.807, 2.05) is 0 Å². The van der Waals surface area contributed by atoms with Gasteiger partial charge < -0.3 is 10.1 Å². The molecule has 0 atom stereocenters. The van der Waals surface area contributed by atoms with E-state index in [0.29, 0.717) is 10.9 Å². The molecule has 0 aliphatic rings. The second kappa shape index (κ2) is 3.24. The van der Waals surface area contributed by atoms with E-state index in [2.05, 4.69) is 4.98 Å². The fraction of sp³-hybridized carbons (Fsp3) is 0.0909. The number of aromatic nitrogens is 1. The Bertz CT molecular complexity index is 598. The normalized spacial score (nSPS) is 10.5. The number of rotatable bonds is 1. The molecule has 0 unspecified atom stereocenters. The van der Waals surface area contributed by atoms with Crippen molar-refractivity contribution in [3.63, 3.8) is 0 Å². The lowest BCUT2D eigenvalue weighted by atomic mass is 10.1. The summed E-state index contributed by atoms with van der Waals surface area (Å²) >= 11 is 0. The number of carbonyl (C=O) groups is 1. The fourth-order valence-electron chi connectivity index (χ4n) is 1.55. The zero-order valence-corrected chi connectivity index (χ0v) is 8.07. The van der Waals surface area contributed by atoms with Crippen LogP contribution in [0.5, 0.6) is 0 Å².